The minimum Gasteiger partial charge on any atom is -0.334 e. The van der Waals surface area contributed by atoms with E-state index in [0.717, 1.165) is 12.0 Å². The maximum Gasteiger partial charge on any atom is 0.254 e. The predicted molar refractivity (Wildman–Crippen MR) is 78.4 cm³/mol. The standard InChI is InChI=1S/C14H20N2O3S/c1-11-10-20(18,19)9-8-16(11)14(17)13-4-2-12(3-5-13)6-7-15/h2-5,11H,6-10,15H2,1H3. The van der Waals surface area contributed by atoms with Crippen LogP contribution in [0.25, 0.3) is 0 Å². The Balaban J connectivity index is 2.11. The third kappa shape index (κ3) is 3.37. The molecule has 0 aliphatic carbocycles. The number of hydrogen-bond acceptors (Lipinski definition) is 4. The molecule has 0 radical (unpaired) electrons. The number of amides is 1. The molecule has 1 aliphatic heterocycles. The van der Waals surface area contributed by atoms with Crippen LogP contribution in [0.15, 0.2) is 24.3 Å². The van der Waals surface area contributed by atoms with Crippen molar-refractivity contribution in [3.05, 3.63) is 35.4 Å². The number of carbonyl (C=O) groups excluding carboxylic acids is 1. The van der Waals surface area contributed by atoms with Gasteiger partial charge in [-0.3, -0.25) is 4.79 Å². The molecule has 0 bridgehead atoms. The highest BCUT2D eigenvalue weighted by atomic mass is 32.2. The van der Waals surface area contributed by atoms with Gasteiger partial charge in [0.05, 0.1) is 11.5 Å². The lowest BCUT2D eigenvalue weighted by Gasteiger charge is -2.33. The highest BCUT2D eigenvalue weighted by molar-refractivity contribution is 7.91. The smallest absolute Gasteiger partial charge is 0.254 e. The fourth-order valence-electron chi connectivity index (χ4n) is 2.45. The summed E-state index contributed by atoms with van der Waals surface area (Å²) < 4.78 is 23.1. The van der Waals surface area contributed by atoms with Gasteiger partial charge in [-0.1, -0.05) is 12.1 Å². The summed E-state index contributed by atoms with van der Waals surface area (Å²) >= 11 is 0. The number of benzene rings is 1. The van der Waals surface area contributed by atoms with Crippen LogP contribution in [-0.4, -0.2) is 49.9 Å². The maximum atomic E-state index is 12.4. The molecule has 5 nitrogen and oxygen atoms in total. The molecule has 110 valence electrons. The van der Waals surface area contributed by atoms with Crippen LogP contribution in [0, 0.1) is 0 Å². The van der Waals surface area contributed by atoms with Crippen LogP contribution in [0.2, 0.25) is 0 Å². The van der Waals surface area contributed by atoms with Crippen LogP contribution >= 0.6 is 0 Å². The van der Waals surface area contributed by atoms with E-state index in [0.29, 0.717) is 12.1 Å². The van der Waals surface area contributed by atoms with Crippen LogP contribution in [0.3, 0.4) is 0 Å². The van der Waals surface area contributed by atoms with Gasteiger partial charge in [-0.25, -0.2) is 8.42 Å². The second kappa shape index (κ2) is 5.93. The Morgan fingerprint density at radius 1 is 1.35 bits per heavy atom. The van der Waals surface area contributed by atoms with Gasteiger partial charge in [-0.05, 0) is 37.6 Å². The molecule has 20 heavy (non-hydrogen) atoms. The van der Waals surface area contributed by atoms with Crippen molar-refractivity contribution < 1.29 is 13.2 Å². The molecule has 2 rings (SSSR count). The molecule has 1 amide bonds. The molecule has 0 aromatic heterocycles. The number of carbonyl (C=O) groups is 1. The molecule has 1 heterocycles. The first-order valence-electron chi connectivity index (χ1n) is 6.73. The molecule has 1 unspecified atom stereocenters. The first kappa shape index (κ1) is 15.0. The normalized spacial score (nSPS) is 21.7. The quantitative estimate of drug-likeness (QED) is 0.878. The average molecular weight is 296 g/mol. The second-order valence-electron chi connectivity index (χ2n) is 5.20. The van der Waals surface area contributed by atoms with Crippen molar-refractivity contribution in [2.24, 2.45) is 5.73 Å². The van der Waals surface area contributed by atoms with Crippen molar-refractivity contribution in [2.45, 2.75) is 19.4 Å². The van der Waals surface area contributed by atoms with Gasteiger partial charge in [-0.15, -0.1) is 0 Å². The van der Waals surface area contributed by atoms with Crippen molar-refractivity contribution >= 4 is 15.7 Å². The maximum absolute atomic E-state index is 12.4. The van der Waals surface area contributed by atoms with E-state index in [1.807, 2.05) is 12.1 Å². The van der Waals surface area contributed by atoms with Crippen LogP contribution in [0.1, 0.15) is 22.8 Å². The summed E-state index contributed by atoms with van der Waals surface area (Å²) in [5.41, 5.74) is 7.18. The van der Waals surface area contributed by atoms with Gasteiger partial charge in [0.2, 0.25) is 0 Å². The minimum atomic E-state index is -3.00. The lowest BCUT2D eigenvalue weighted by atomic mass is 10.1. The Bertz CT molecular complexity index is 581. The van der Waals surface area contributed by atoms with Gasteiger partial charge in [0.1, 0.15) is 0 Å². The van der Waals surface area contributed by atoms with Crippen molar-refractivity contribution in [2.75, 3.05) is 24.6 Å². The van der Waals surface area contributed by atoms with E-state index in [-0.39, 0.29) is 30.0 Å². The number of nitrogens with zero attached hydrogens (tertiary/aromatic N) is 1. The van der Waals surface area contributed by atoms with Gasteiger partial charge in [0.15, 0.2) is 9.84 Å². The number of rotatable bonds is 3. The Labute approximate surface area is 119 Å². The van der Waals surface area contributed by atoms with Crippen molar-refractivity contribution in [1.82, 2.24) is 4.90 Å². The van der Waals surface area contributed by atoms with E-state index in [4.69, 9.17) is 5.73 Å². The van der Waals surface area contributed by atoms with Crippen LogP contribution in [0.5, 0.6) is 0 Å². The third-order valence-corrected chi connectivity index (χ3v) is 5.36. The topological polar surface area (TPSA) is 80.5 Å². The summed E-state index contributed by atoms with van der Waals surface area (Å²) in [6.45, 7) is 2.62. The summed E-state index contributed by atoms with van der Waals surface area (Å²) in [5.74, 6) is -0.00934. The molecule has 1 aliphatic rings. The second-order valence-corrected chi connectivity index (χ2v) is 7.43. The molecule has 6 heteroatoms. The zero-order chi connectivity index (χ0) is 14.8. The summed E-state index contributed by atoms with van der Waals surface area (Å²) in [6.07, 6.45) is 0.785. The molecule has 0 spiro atoms. The predicted octanol–water partition coefficient (Wildman–Crippen LogP) is 0.447. The highest BCUT2D eigenvalue weighted by Crippen LogP contribution is 2.16. The monoisotopic (exact) mass is 296 g/mol. The van der Waals surface area contributed by atoms with Gasteiger partial charge < -0.3 is 10.6 Å². The summed E-state index contributed by atoms with van der Waals surface area (Å²) in [6, 6.07) is 7.08. The summed E-state index contributed by atoms with van der Waals surface area (Å²) in [7, 11) is -3.00. The Kier molecular flexibility index (Phi) is 4.45. The molecule has 2 N–H and O–H groups in total. The van der Waals surface area contributed by atoms with Crippen molar-refractivity contribution in [1.29, 1.82) is 0 Å². The van der Waals surface area contributed by atoms with Gasteiger partial charge in [-0.2, -0.15) is 0 Å². The first-order chi connectivity index (χ1) is 9.43. The van der Waals surface area contributed by atoms with Gasteiger partial charge in [0, 0.05) is 18.2 Å². The van der Waals surface area contributed by atoms with E-state index in [9.17, 15) is 13.2 Å². The molecule has 1 fully saturated rings. The summed E-state index contributed by atoms with van der Waals surface area (Å²) in [5, 5.41) is 0. The lowest BCUT2D eigenvalue weighted by Crippen LogP contribution is -2.49. The zero-order valence-corrected chi connectivity index (χ0v) is 12.4. The molecule has 1 saturated heterocycles. The number of hydrogen-bond donors (Lipinski definition) is 1. The fourth-order valence-corrected chi connectivity index (χ4v) is 4.00. The van der Waals surface area contributed by atoms with Gasteiger partial charge >= 0.3 is 0 Å². The van der Waals surface area contributed by atoms with Crippen LogP contribution < -0.4 is 5.73 Å². The Hall–Kier alpha value is -1.40. The number of nitrogens with two attached hydrogens (primary N) is 1. The average Bonchev–Trinajstić information content (AvgIpc) is 2.38. The van der Waals surface area contributed by atoms with E-state index in [2.05, 4.69) is 0 Å². The fraction of sp³-hybridized carbons (Fsp3) is 0.500. The third-order valence-electron chi connectivity index (χ3n) is 3.57. The van der Waals surface area contributed by atoms with Crippen molar-refractivity contribution in [3.8, 4) is 0 Å². The molecule has 1 atom stereocenters. The molecule has 1 aromatic rings. The van der Waals surface area contributed by atoms with Crippen LogP contribution in [0.4, 0.5) is 0 Å². The van der Waals surface area contributed by atoms with E-state index in [1.165, 1.54) is 0 Å². The van der Waals surface area contributed by atoms with E-state index >= 15 is 0 Å². The Morgan fingerprint density at radius 3 is 2.55 bits per heavy atom. The first-order valence-corrected chi connectivity index (χ1v) is 8.55. The highest BCUT2D eigenvalue weighted by Gasteiger charge is 2.31. The molecular weight excluding hydrogens is 276 g/mol. The minimum absolute atomic E-state index is 0.0456. The van der Waals surface area contributed by atoms with E-state index in [1.54, 1.807) is 24.0 Å². The SMILES string of the molecule is CC1CS(=O)(=O)CCN1C(=O)c1ccc(CCN)cc1. The summed E-state index contributed by atoms with van der Waals surface area (Å²) in [4.78, 5) is 14.0. The molecular formula is C14H20N2O3S. The van der Waals surface area contributed by atoms with Crippen molar-refractivity contribution in [3.63, 3.8) is 0 Å². The largest absolute Gasteiger partial charge is 0.334 e. The van der Waals surface area contributed by atoms with E-state index < -0.39 is 9.84 Å². The Morgan fingerprint density at radius 2 is 2.00 bits per heavy atom. The van der Waals surface area contributed by atoms with Gasteiger partial charge in [0.25, 0.3) is 5.91 Å². The lowest BCUT2D eigenvalue weighted by molar-refractivity contribution is 0.0712. The number of sulfone groups is 1. The molecule has 0 saturated carbocycles. The zero-order valence-electron chi connectivity index (χ0n) is 11.6. The van der Waals surface area contributed by atoms with Crippen LogP contribution in [-0.2, 0) is 16.3 Å². The molecule has 1 aromatic carbocycles.